The first-order valence-corrected chi connectivity index (χ1v) is 11.6. The van der Waals surface area contributed by atoms with Crippen LogP contribution in [-0.4, -0.2) is 87.0 Å². The number of fused-ring (bicyclic) bond motifs is 1. The number of likely N-dealkylation sites (tertiary alicyclic amines) is 1. The van der Waals surface area contributed by atoms with Gasteiger partial charge >= 0.3 is 12.1 Å². The van der Waals surface area contributed by atoms with E-state index in [1.165, 1.54) is 13.2 Å². The summed E-state index contributed by atoms with van der Waals surface area (Å²) in [7, 11) is 1.23. The van der Waals surface area contributed by atoms with Crippen molar-refractivity contribution in [1.29, 1.82) is 0 Å². The molecule has 0 radical (unpaired) electrons. The van der Waals surface area contributed by atoms with Crippen LogP contribution in [0.15, 0.2) is 12.3 Å². The monoisotopic (exact) mass is 529 g/mol. The molecule has 4 atom stereocenters. The molecule has 1 unspecified atom stereocenters. The van der Waals surface area contributed by atoms with E-state index in [2.05, 4.69) is 10.4 Å². The van der Waals surface area contributed by atoms with Gasteiger partial charge in [-0.3, -0.25) is 24.0 Å². The minimum Gasteiger partial charge on any atom is -0.368 e. The topological polar surface area (TPSA) is 160 Å². The Balaban J connectivity index is 1.87. The normalized spacial score (nSPS) is 22.9. The number of alkyl halides is 3. The van der Waals surface area contributed by atoms with Gasteiger partial charge in [0.1, 0.15) is 23.9 Å². The highest BCUT2D eigenvalue weighted by atomic mass is 19.4. The molecule has 2 aliphatic heterocycles. The minimum absolute atomic E-state index is 0.0662. The quantitative estimate of drug-likeness (QED) is 0.445. The SMILES string of the molecule is CC(C)C[C@@H](C(=O)N1CC2(C[C@H]1C(N)=O)Cn1nccc1NC2=O)N(C)C(=O)[C@H](C)NC(=O)C(F)(F)F. The molecule has 12 nitrogen and oxygen atoms in total. The summed E-state index contributed by atoms with van der Waals surface area (Å²) < 4.78 is 39.5. The molecule has 1 saturated heterocycles. The molecule has 1 aromatic rings. The molecule has 1 aromatic heterocycles. The van der Waals surface area contributed by atoms with Crippen LogP contribution in [0.25, 0.3) is 0 Å². The van der Waals surface area contributed by atoms with Gasteiger partial charge in [-0.05, 0) is 25.7 Å². The molecule has 2 aliphatic rings. The van der Waals surface area contributed by atoms with E-state index in [9.17, 15) is 37.1 Å². The average molecular weight is 530 g/mol. The third-order valence-electron chi connectivity index (χ3n) is 6.71. The molecule has 0 bridgehead atoms. The van der Waals surface area contributed by atoms with Gasteiger partial charge in [0.05, 0.1) is 18.2 Å². The first kappa shape index (κ1) is 27.9. The Morgan fingerprint density at radius 1 is 1.27 bits per heavy atom. The fraction of sp³-hybridized carbons (Fsp3) is 0.636. The van der Waals surface area contributed by atoms with Crippen molar-refractivity contribution in [3.05, 3.63) is 12.3 Å². The van der Waals surface area contributed by atoms with Crippen molar-refractivity contribution in [2.45, 2.75) is 64.5 Å². The third-order valence-corrected chi connectivity index (χ3v) is 6.71. The molecule has 204 valence electrons. The summed E-state index contributed by atoms with van der Waals surface area (Å²) >= 11 is 0. The Kier molecular flexibility index (Phi) is 7.56. The Morgan fingerprint density at radius 2 is 1.92 bits per heavy atom. The number of nitrogens with zero attached hydrogens (tertiary/aromatic N) is 4. The lowest BCUT2D eigenvalue weighted by molar-refractivity contribution is -0.175. The number of carbonyl (C=O) groups excluding carboxylic acids is 5. The maximum atomic E-state index is 13.8. The molecule has 1 spiro atoms. The fourth-order valence-electron chi connectivity index (χ4n) is 4.78. The predicted octanol–water partition coefficient (Wildman–Crippen LogP) is -0.152. The second-order valence-electron chi connectivity index (χ2n) is 9.98. The number of nitrogens with one attached hydrogen (secondary N) is 2. The van der Waals surface area contributed by atoms with Crippen molar-refractivity contribution < 1.29 is 37.1 Å². The number of aromatic nitrogens is 2. The fourth-order valence-corrected chi connectivity index (χ4v) is 4.78. The van der Waals surface area contributed by atoms with Crippen molar-refractivity contribution in [2.75, 3.05) is 18.9 Å². The van der Waals surface area contributed by atoms with Gasteiger partial charge in [0.15, 0.2) is 0 Å². The smallest absolute Gasteiger partial charge is 0.368 e. The Labute approximate surface area is 210 Å². The molecular formula is C22H30F3N7O5. The highest BCUT2D eigenvalue weighted by molar-refractivity contribution is 6.00. The Morgan fingerprint density at radius 3 is 2.49 bits per heavy atom. The highest BCUT2D eigenvalue weighted by Gasteiger charge is 2.56. The van der Waals surface area contributed by atoms with Gasteiger partial charge < -0.3 is 26.2 Å². The van der Waals surface area contributed by atoms with E-state index < -0.39 is 59.3 Å². The summed E-state index contributed by atoms with van der Waals surface area (Å²) in [6.07, 6.45) is -3.65. The number of hydrogen-bond acceptors (Lipinski definition) is 6. The molecule has 37 heavy (non-hydrogen) atoms. The Hall–Kier alpha value is -3.65. The molecule has 4 N–H and O–H groups in total. The molecule has 0 aliphatic carbocycles. The summed E-state index contributed by atoms with van der Waals surface area (Å²) in [6.45, 7) is 4.54. The van der Waals surface area contributed by atoms with E-state index in [1.54, 1.807) is 29.9 Å². The van der Waals surface area contributed by atoms with Gasteiger partial charge in [-0.15, -0.1) is 0 Å². The van der Waals surface area contributed by atoms with Crippen LogP contribution in [0.5, 0.6) is 0 Å². The van der Waals surface area contributed by atoms with Crippen LogP contribution in [-0.2, 0) is 30.5 Å². The maximum absolute atomic E-state index is 13.8. The van der Waals surface area contributed by atoms with Crippen molar-refractivity contribution in [1.82, 2.24) is 24.9 Å². The number of anilines is 1. The van der Waals surface area contributed by atoms with E-state index in [-0.39, 0.29) is 31.8 Å². The second-order valence-corrected chi connectivity index (χ2v) is 9.98. The first-order valence-electron chi connectivity index (χ1n) is 11.6. The number of hydrogen-bond donors (Lipinski definition) is 3. The largest absolute Gasteiger partial charge is 0.471 e. The summed E-state index contributed by atoms with van der Waals surface area (Å²) in [5.74, 6) is -4.82. The van der Waals surface area contributed by atoms with Crippen LogP contribution in [0.3, 0.4) is 0 Å². The number of rotatable bonds is 7. The molecule has 1 fully saturated rings. The lowest BCUT2D eigenvalue weighted by Gasteiger charge is -2.36. The van der Waals surface area contributed by atoms with Crippen molar-refractivity contribution in [3.8, 4) is 0 Å². The van der Waals surface area contributed by atoms with Crippen molar-refractivity contribution in [2.24, 2.45) is 17.1 Å². The van der Waals surface area contributed by atoms with Gasteiger partial charge in [-0.1, -0.05) is 13.8 Å². The van der Waals surface area contributed by atoms with Crippen molar-refractivity contribution >= 4 is 35.4 Å². The van der Waals surface area contributed by atoms with Crippen LogP contribution in [0.4, 0.5) is 19.0 Å². The number of carbonyl (C=O) groups is 5. The molecule has 0 saturated carbocycles. The number of nitrogens with two attached hydrogens (primary N) is 1. The van der Waals surface area contributed by atoms with Crippen LogP contribution >= 0.6 is 0 Å². The molecule has 5 amide bonds. The standard InChI is InChI=1S/C22H30F3N7O5/c1-11(2)7-13(30(4)17(34)12(3)28-20(37)22(23,24)25)18(35)31-9-21(8-14(31)16(26)33)10-32-15(5-6-27-32)29-19(21)36/h5-6,11-14H,7-10H2,1-4H3,(H2,26,33)(H,28,37)(H,29,36)/t12-,13-,14-,21?/m0/s1. The number of amides is 5. The lowest BCUT2D eigenvalue weighted by Crippen LogP contribution is -2.57. The van der Waals surface area contributed by atoms with Crippen LogP contribution in [0.1, 0.15) is 33.6 Å². The number of primary amides is 1. The highest BCUT2D eigenvalue weighted by Crippen LogP contribution is 2.41. The summed E-state index contributed by atoms with van der Waals surface area (Å²) in [6, 6.07) is -2.33. The van der Waals surface area contributed by atoms with Crippen LogP contribution in [0, 0.1) is 11.3 Å². The minimum atomic E-state index is -5.19. The second kappa shape index (κ2) is 10.0. The summed E-state index contributed by atoms with van der Waals surface area (Å²) in [5, 5.41) is 8.45. The molecule has 15 heteroatoms. The van der Waals surface area contributed by atoms with E-state index in [0.717, 1.165) is 16.7 Å². The summed E-state index contributed by atoms with van der Waals surface area (Å²) in [5.41, 5.74) is 4.39. The average Bonchev–Trinajstić information content (AvgIpc) is 3.40. The first-order chi connectivity index (χ1) is 17.1. The van der Waals surface area contributed by atoms with Crippen molar-refractivity contribution in [3.63, 3.8) is 0 Å². The van der Waals surface area contributed by atoms with Gasteiger partial charge in [0.2, 0.25) is 23.6 Å². The number of halogens is 3. The van der Waals surface area contributed by atoms with E-state index in [0.29, 0.717) is 5.82 Å². The van der Waals surface area contributed by atoms with E-state index >= 15 is 0 Å². The molecule has 3 rings (SSSR count). The molecular weight excluding hydrogens is 499 g/mol. The molecule has 3 heterocycles. The molecule has 0 aromatic carbocycles. The third kappa shape index (κ3) is 5.54. The van der Waals surface area contributed by atoms with Crippen LogP contribution in [0.2, 0.25) is 0 Å². The zero-order chi connectivity index (χ0) is 27.9. The van der Waals surface area contributed by atoms with Gasteiger partial charge in [0.25, 0.3) is 0 Å². The maximum Gasteiger partial charge on any atom is 0.471 e. The van der Waals surface area contributed by atoms with E-state index in [4.69, 9.17) is 5.73 Å². The lowest BCUT2D eigenvalue weighted by atomic mass is 9.83. The van der Waals surface area contributed by atoms with Gasteiger partial charge in [-0.25, -0.2) is 4.68 Å². The Bertz CT molecular complexity index is 1100. The van der Waals surface area contributed by atoms with Gasteiger partial charge in [0, 0.05) is 19.7 Å². The summed E-state index contributed by atoms with van der Waals surface area (Å²) in [4.78, 5) is 65.5. The zero-order valence-corrected chi connectivity index (χ0v) is 20.8. The van der Waals surface area contributed by atoms with Crippen LogP contribution < -0.4 is 16.4 Å². The van der Waals surface area contributed by atoms with Gasteiger partial charge in [-0.2, -0.15) is 18.3 Å². The zero-order valence-electron chi connectivity index (χ0n) is 20.8. The predicted molar refractivity (Wildman–Crippen MR) is 122 cm³/mol. The van der Waals surface area contributed by atoms with E-state index in [1.807, 2.05) is 0 Å². The number of likely N-dealkylation sites (N-methyl/N-ethyl adjacent to an activating group) is 1.